The number of nitrogens with zero attached hydrogens (tertiary/aromatic N) is 2. The first kappa shape index (κ1) is 14.1. The van der Waals surface area contributed by atoms with Crippen LogP contribution in [0.1, 0.15) is 19.3 Å². The highest BCUT2D eigenvalue weighted by atomic mass is 15.5. The lowest BCUT2D eigenvalue weighted by molar-refractivity contribution is 0.111. The molecule has 7 heteroatoms. The van der Waals surface area contributed by atoms with E-state index < -0.39 is 0 Å². The van der Waals surface area contributed by atoms with E-state index in [0.717, 1.165) is 18.8 Å². The second-order valence-electron chi connectivity index (χ2n) is 5.35. The zero-order chi connectivity index (χ0) is 14.5. The van der Waals surface area contributed by atoms with Gasteiger partial charge in [0.2, 0.25) is 5.96 Å². The maximum atomic E-state index is 5.53. The molecule has 0 spiro atoms. The summed E-state index contributed by atoms with van der Waals surface area (Å²) in [6.45, 7) is 2.17. The minimum atomic E-state index is -0.216. The number of hydrogen-bond acceptors (Lipinski definition) is 7. The van der Waals surface area contributed by atoms with Crippen LogP contribution >= 0.6 is 0 Å². The Balaban J connectivity index is 1.68. The van der Waals surface area contributed by atoms with Crippen molar-refractivity contribution in [3.05, 3.63) is 30.3 Å². The fraction of sp³-hybridized carbons (Fsp3) is 0.500. The van der Waals surface area contributed by atoms with Crippen LogP contribution in [0.15, 0.2) is 35.3 Å². The van der Waals surface area contributed by atoms with E-state index >= 15 is 0 Å². The topological polar surface area (TPSA) is 89.7 Å². The first-order valence-corrected chi connectivity index (χ1v) is 7.48. The van der Waals surface area contributed by atoms with Gasteiger partial charge in [-0.05, 0) is 25.0 Å². The third kappa shape index (κ3) is 3.63. The van der Waals surface area contributed by atoms with Crippen LogP contribution < -0.4 is 27.2 Å². The van der Waals surface area contributed by atoms with E-state index in [9.17, 15) is 0 Å². The Hall–Kier alpha value is -1.83. The molecule has 0 saturated carbocycles. The average Bonchev–Trinajstić information content (AvgIpc) is 2.56. The zero-order valence-corrected chi connectivity index (χ0v) is 12.0. The van der Waals surface area contributed by atoms with E-state index in [0.29, 0.717) is 5.96 Å². The number of nitrogens with two attached hydrogens (primary N) is 1. The number of benzene rings is 1. The van der Waals surface area contributed by atoms with E-state index in [1.807, 2.05) is 30.3 Å². The van der Waals surface area contributed by atoms with Crippen LogP contribution in [0.2, 0.25) is 0 Å². The van der Waals surface area contributed by atoms with Crippen LogP contribution in [0.25, 0.3) is 0 Å². The highest BCUT2D eigenvalue weighted by Crippen LogP contribution is 2.13. The van der Waals surface area contributed by atoms with Crippen LogP contribution in [0.4, 0.5) is 5.69 Å². The van der Waals surface area contributed by atoms with Gasteiger partial charge in [0.05, 0.1) is 0 Å². The number of hydrazine groups is 1. The molecule has 1 fully saturated rings. The second kappa shape index (κ2) is 6.75. The van der Waals surface area contributed by atoms with Crippen molar-refractivity contribution in [2.45, 2.75) is 31.8 Å². The van der Waals surface area contributed by atoms with Gasteiger partial charge in [-0.3, -0.25) is 10.3 Å². The second-order valence-corrected chi connectivity index (χ2v) is 5.35. The standard InChI is InChI=1S/C14H23N7/c15-20-13-17-12(16-11-7-3-1-4-8-11)18-14(19-13)21-9-5-2-6-10-21/h1,3-4,7-8,12,14,16,18H,2,5-6,9-10,15H2,(H2,17,19,20). The molecule has 2 unspecified atom stereocenters. The number of anilines is 1. The summed E-state index contributed by atoms with van der Waals surface area (Å²) in [5.74, 6) is 6.13. The number of likely N-dealkylation sites (tertiary alicyclic amines) is 1. The lowest BCUT2D eigenvalue weighted by Crippen LogP contribution is -2.67. The maximum absolute atomic E-state index is 5.53. The predicted octanol–water partition coefficient (Wildman–Crippen LogP) is 0.164. The van der Waals surface area contributed by atoms with Crippen molar-refractivity contribution in [1.82, 2.24) is 21.0 Å². The molecule has 1 aromatic carbocycles. The van der Waals surface area contributed by atoms with Gasteiger partial charge in [0, 0.05) is 18.8 Å². The zero-order valence-electron chi connectivity index (χ0n) is 12.0. The summed E-state index contributed by atoms with van der Waals surface area (Å²) < 4.78 is 0. The highest BCUT2D eigenvalue weighted by molar-refractivity contribution is 5.80. The Morgan fingerprint density at radius 2 is 1.90 bits per heavy atom. The Morgan fingerprint density at radius 1 is 1.14 bits per heavy atom. The molecule has 0 bridgehead atoms. The van der Waals surface area contributed by atoms with Gasteiger partial charge in [0.25, 0.3) is 0 Å². The third-order valence-corrected chi connectivity index (χ3v) is 3.82. The molecular weight excluding hydrogens is 266 g/mol. The molecule has 2 atom stereocenters. The van der Waals surface area contributed by atoms with Gasteiger partial charge in [-0.2, -0.15) is 0 Å². The van der Waals surface area contributed by atoms with Crippen molar-refractivity contribution in [2.24, 2.45) is 10.8 Å². The number of rotatable bonds is 3. The highest BCUT2D eigenvalue weighted by Gasteiger charge is 2.27. The van der Waals surface area contributed by atoms with Crippen LogP contribution in [-0.4, -0.2) is 36.5 Å². The van der Waals surface area contributed by atoms with Crippen LogP contribution in [0, 0.1) is 0 Å². The van der Waals surface area contributed by atoms with Crippen LogP contribution in [0.3, 0.4) is 0 Å². The van der Waals surface area contributed by atoms with Crippen molar-refractivity contribution in [2.75, 3.05) is 18.4 Å². The van der Waals surface area contributed by atoms with E-state index in [1.54, 1.807) is 0 Å². The Labute approximate surface area is 125 Å². The summed E-state index contributed by atoms with van der Waals surface area (Å²) in [6, 6.07) is 10.0. The van der Waals surface area contributed by atoms with E-state index in [-0.39, 0.29) is 12.6 Å². The SMILES string of the molecule is NNC1=NC(Nc2ccccc2)NC(N2CCCCC2)N1. The number of para-hydroxylation sites is 1. The molecule has 1 saturated heterocycles. The Bertz CT molecular complexity index is 469. The molecular formula is C14H23N7. The van der Waals surface area contributed by atoms with Gasteiger partial charge in [0.1, 0.15) is 6.29 Å². The fourth-order valence-electron chi connectivity index (χ4n) is 2.74. The molecule has 0 radical (unpaired) electrons. The molecule has 114 valence electrons. The predicted molar refractivity (Wildman–Crippen MR) is 84.1 cm³/mol. The van der Waals surface area contributed by atoms with Gasteiger partial charge >= 0.3 is 0 Å². The summed E-state index contributed by atoms with van der Waals surface area (Å²) >= 11 is 0. The molecule has 0 amide bonds. The first-order valence-electron chi connectivity index (χ1n) is 7.48. The summed E-state index contributed by atoms with van der Waals surface area (Å²) in [4.78, 5) is 6.85. The maximum Gasteiger partial charge on any atom is 0.211 e. The normalized spacial score (nSPS) is 26.6. The Kier molecular flexibility index (Phi) is 4.54. The molecule has 21 heavy (non-hydrogen) atoms. The quantitative estimate of drug-likeness (QED) is 0.402. The third-order valence-electron chi connectivity index (χ3n) is 3.82. The molecule has 0 aromatic heterocycles. The summed E-state index contributed by atoms with van der Waals surface area (Å²) in [5, 5.41) is 10.1. The van der Waals surface area contributed by atoms with Crippen molar-refractivity contribution in [3.8, 4) is 0 Å². The lowest BCUT2D eigenvalue weighted by Gasteiger charge is -2.40. The largest absolute Gasteiger partial charge is 0.351 e. The number of piperidine rings is 1. The molecule has 3 rings (SSSR count). The summed E-state index contributed by atoms with van der Waals surface area (Å²) in [7, 11) is 0. The minimum absolute atomic E-state index is 0.0371. The summed E-state index contributed by atoms with van der Waals surface area (Å²) in [5.41, 5.74) is 3.64. The van der Waals surface area contributed by atoms with Crippen molar-refractivity contribution < 1.29 is 0 Å². The van der Waals surface area contributed by atoms with Gasteiger partial charge in [0.15, 0.2) is 6.29 Å². The summed E-state index contributed by atoms with van der Waals surface area (Å²) in [6.07, 6.45) is 3.60. The van der Waals surface area contributed by atoms with Gasteiger partial charge < -0.3 is 10.6 Å². The lowest BCUT2D eigenvalue weighted by atomic mass is 10.1. The van der Waals surface area contributed by atoms with Gasteiger partial charge in [-0.1, -0.05) is 24.6 Å². The molecule has 2 aliphatic rings. The Morgan fingerprint density at radius 3 is 2.62 bits per heavy atom. The molecule has 7 nitrogen and oxygen atoms in total. The van der Waals surface area contributed by atoms with Crippen molar-refractivity contribution in [3.63, 3.8) is 0 Å². The molecule has 2 heterocycles. The monoisotopic (exact) mass is 289 g/mol. The van der Waals surface area contributed by atoms with Crippen LogP contribution in [0.5, 0.6) is 0 Å². The van der Waals surface area contributed by atoms with Gasteiger partial charge in [-0.25, -0.2) is 16.2 Å². The number of guanidine groups is 1. The number of hydrogen-bond donors (Lipinski definition) is 5. The van der Waals surface area contributed by atoms with Crippen molar-refractivity contribution >= 4 is 11.6 Å². The molecule has 6 N–H and O–H groups in total. The van der Waals surface area contributed by atoms with Crippen molar-refractivity contribution in [1.29, 1.82) is 0 Å². The first-order chi connectivity index (χ1) is 10.3. The molecule has 1 aromatic rings. The van der Waals surface area contributed by atoms with E-state index in [4.69, 9.17) is 5.84 Å². The smallest absolute Gasteiger partial charge is 0.211 e. The van der Waals surface area contributed by atoms with E-state index in [1.165, 1.54) is 19.3 Å². The minimum Gasteiger partial charge on any atom is -0.351 e. The van der Waals surface area contributed by atoms with E-state index in [2.05, 4.69) is 31.3 Å². The van der Waals surface area contributed by atoms with Gasteiger partial charge in [-0.15, -0.1) is 0 Å². The average molecular weight is 289 g/mol. The number of nitrogens with one attached hydrogen (secondary N) is 4. The van der Waals surface area contributed by atoms with Crippen LogP contribution in [-0.2, 0) is 0 Å². The fourth-order valence-corrected chi connectivity index (χ4v) is 2.74. The molecule has 2 aliphatic heterocycles. The molecule has 0 aliphatic carbocycles. The number of aliphatic imine (C=N–C) groups is 1.